The molecule has 0 aliphatic heterocycles. The lowest BCUT2D eigenvalue weighted by atomic mass is 9.46. The molecular weight excluding hydrogens is 372 g/mol. The van der Waals surface area contributed by atoms with Gasteiger partial charge in [-0.1, -0.05) is 13.8 Å². The zero-order valence-corrected chi connectivity index (χ0v) is 17.5. The molecule has 6 nitrogen and oxygen atoms in total. The molecule has 0 unspecified atom stereocenters. The van der Waals surface area contributed by atoms with Crippen LogP contribution in [0.2, 0.25) is 0 Å². The molecule has 4 aliphatic rings. The summed E-state index contributed by atoms with van der Waals surface area (Å²) in [6.45, 7) is 4.93. The highest BCUT2D eigenvalue weighted by atomic mass is 16.5. The maximum absolute atomic E-state index is 13.0. The van der Waals surface area contributed by atoms with Gasteiger partial charge in [-0.05, 0) is 61.3 Å². The number of ether oxygens (including phenoxy) is 1. The second kappa shape index (κ2) is 6.59. The first-order valence-corrected chi connectivity index (χ1v) is 10.7. The Morgan fingerprint density at radius 2 is 1.83 bits per heavy atom. The van der Waals surface area contributed by atoms with Gasteiger partial charge in [-0.15, -0.1) is 0 Å². The van der Waals surface area contributed by atoms with Crippen LogP contribution in [0.3, 0.4) is 0 Å². The minimum absolute atomic E-state index is 0.0382. The molecule has 0 amide bonds. The number of hydrogen-bond donors (Lipinski definition) is 1. The van der Waals surface area contributed by atoms with Crippen LogP contribution in [0.1, 0.15) is 65.7 Å². The van der Waals surface area contributed by atoms with Gasteiger partial charge in [-0.2, -0.15) is 0 Å². The minimum Gasteiger partial charge on any atom is -0.458 e. The fourth-order valence-corrected chi connectivity index (χ4v) is 7.15. The zero-order chi connectivity index (χ0) is 21.2. The van der Waals surface area contributed by atoms with Gasteiger partial charge in [0.1, 0.15) is 5.60 Å². The van der Waals surface area contributed by atoms with Crippen LogP contribution in [-0.2, 0) is 23.9 Å². The molecule has 0 aromatic carbocycles. The highest BCUT2D eigenvalue weighted by Crippen LogP contribution is 2.67. The van der Waals surface area contributed by atoms with E-state index in [0.29, 0.717) is 44.1 Å². The second-order valence-corrected chi connectivity index (χ2v) is 10.0. The van der Waals surface area contributed by atoms with Crippen LogP contribution in [0.25, 0.3) is 0 Å². The molecule has 29 heavy (non-hydrogen) atoms. The molecule has 0 saturated heterocycles. The summed E-state index contributed by atoms with van der Waals surface area (Å²) in [7, 11) is 0. The fraction of sp³-hybridized carbons (Fsp3) is 0.739. The first-order valence-electron chi connectivity index (χ1n) is 10.7. The van der Waals surface area contributed by atoms with Crippen LogP contribution < -0.4 is 0 Å². The average Bonchev–Trinajstić information content (AvgIpc) is 2.94. The molecule has 0 bridgehead atoms. The summed E-state index contributed by atoms with van der Waals surface area (Å²) in [6, 6.07) is 0. The summed E-state index contributed by atoms with van der Waals surface area (Å²) in [6.07, 6.45) is 5.65. The Balaban J connectivity index is 1.65. The molecule has 1 N–H and O–H groups in total. The molecule has 6 heteroatoms. The van der Waals surface area contributed by atoms with Crippen LogP contribution in [0.5, 0.6) is 0 Å². The van der Waals surface area contributed by atoms with Crippen molar-refractivity contribution in [3.63, 3.8) is 0 Å². The highest BCUT2D eigenvalue weighted by molar-refractivity contribution is 6.05. The number of hydrogen-bond acceptors (Lipinski definition) is 6. The van der Waals surface area contributed by atoms with Gasteiger partial charge in [0, 0.05) is 30.8 Å². The molecule has 6 atom stereocenters. The number of rotatable bonds is 3. The van der Waals surface area contributed by atoms with E-state index in [4.69, 9.17) is 4.74 Å². The predicted octanol–water partition coefficient (Wildman–Crippen LogP) is 2.56. The number of esters is 1. The fourth-order valence-electron chi connectivity index (χ4n) is 7.15. The predicted molar refractivity (Wildman–Crippen MR) is 104 cm³/mol. The summed E-state index contributed by atoms with van der Waals surface area (Å²) in [4.78, 5) is 48.9. The number of fused-ring (bicyclic) bond motifs is 5. The lowest BCUT2D eigenvalue weighted by Gasteiger charge is -2.58. The summed E-state index contributed by atoms with van der Waals surface area (Å²) >= 11 is 0. The highest BCUT2D eigenvalue weighted by Gasteiger charge is 2.67. The molecule has 4 rings (SSSR count). The molecule has 0 aromatic heterocycles. The van der Waals surface area contributed by atoms with Crippen LogP contribution >= 0.6 is 0 Å². The van der Waals surface area contributed by atoms with Gasteiger partial charge < -0.3 is 9.84 Å². The summed E-state index contributed by atoms with van der Waals surface area (Å²) < 4.78 is 4.88. The third-order valence-corrected chi connectivity index (χ3v) is 8.81. The van der Waals surface area contributed by atoms with Gasteiger partial charge >= 0.3 is 5.97 Å². The Bertz CT molecular complexity index is 827. The average molecular weight is 402 g/mol. The van der Waals surface area contributed by atoms with Gasteiger partial charge in [0.15, 0.2) is 18.2 Å². The maximum Gasteiger partial charge on any atom is 0.303 e. The van der Waals surface area contributed by atoms with E-state index in [2.05, 4.69) is 6.92 Å². The smallest absolute Gasteiger partial charge is 0.303 e. The molecule has 3 fully saturated rings. The molecule has 0 radical (unpaired) electrons. The van der Waals surface area contributed by atoms with E-state index in [9.17, 15) is 24.3 Å². The number of carbonyl (C=O) groups excluding carboxylic acids is 4. The summed E-state index contributed by atoms with van der Waals surface area (Å²) in [5.74, 6) is -0.442. The van der Waals surface area contributed by atoms with Crippen molar-refractivity contribution in [3.05, 3.63) is 11.6 Å². The van der Waals surface area contributed by atoms with Gasteiger partial charge in [0.25, 0.3) is 0 Å². The van der Waals surface area contributed by atoms with E-state index in [-0.39, 0.29) is 34.7 Å². The van der Waals surface area contributed by atoms with Gasteiger partial charge in [-0.3, -0.25) is 19.2 Å². The maximum atomic E-state index is 13.0. The third kappa shape index (κ3) is 2.78. The van der Waals surface area contributed by atoms with Crippen LogP contribution in [0.15, 0.2) is 11.6 Å². The molecule has 0 aromatic rings. The van der Waals surface area contributed by atoms with Crippen molar-refractivity contribution in [3.8, 4) is 0 Å². The second-order valence-electron chi connectivity index (χ2n) is 10.0. The monoisotopic (exact) mass is 402 g/mol. The number of allylic oxidation sites excluding steroid dienone is 1. The third-order valence-electron chi connectivity index (χ3n) is 8.81. The van der Waals surface area contributed by atoms with E-state index in [1.807, 2.05) is 6.92 Å². The molecule has 0 heterocycles. The van der Waals surface area contributed by atoms with Crippen molar-refractivity contribution in [2.24, 2.45) is 28.6 Å². The van der Waals surface area contributed by atoms with Crippen molar-refractivity contribution in [2.75, 3.05) is 6.61 Å². The first-order chi connectivity index (χ1) is 13.5. The van der Waals surface area contributed by atoms with Crippen LogP contribution in [0, 0.1) is 28.6 Å². The SMILES string of the molecule is CC(=O)OCC(=O)[C@@]1(O)CC[C@H]2[C@@H]3CC(=O)C4=CC(=O)CC[C@]4(C)[C@H]3CC[C@@]21C. The Morgan fingerprint density at radius 1 is 1.14 bits per heavy atom. The van der Waals surface area contributed by atoms with Gasteiger partial charge in [-0.25, -0.2) is 0 Å². The topological polar surface area (TPSA) is 97.7 Å². The standard InChI is InChI=1S/C23H30O6/c1-13(24)29-12-20(27)23(28)9-6-17-15-11-19(26)18-10-14(25)4-7-21(18,2)16(15)5-8-22(17,23)3/h10,15-17,28H,4-9,11-12H2,1-3H3/t15-,16+,17+,21-,22+,23+/m1/s1. The molecular formula is C23H30O6. The lowest BCUT2D eigenvalue weighted by molar-refractivity contribution is -0.170. The number of ketones is 3. The van der Waals surface area contributed by atoms with E-state index >= 15 is 0 Å². The summed E-state index contributed by atoms with van der Waals surface area (Å²) in [5.41, 5.74) is -1.76. The number of Topliss-reactive ketones (excluding diaryl/α,β-unsaturated/α-hetero) is 2. The molecule has 0 spiro atoms. The quantitative estimate of drug-likeness (QED) is 0.729. The van der Waals surface area contributed by atoms with E-state index in [1.165, 1.54) is 6.92 Å². The van der Waals surface area contributed by atoms with Crippen molar-refractivity contribution in [1.29, 1.82) is 0 Å². The molecule has 3 saturated carbocycles. The van der Waals surface area contributed by atoms with Gasteiger partial charge in [0.05, 0.1) is 0 Å². The molecule has 4 aliphatic carbocycles. The Morgan fingerprint density at radius 3 is 2.52 bits per heavy atom. The molecule has 158 valence electrons. The summed E-state index contributed by atoms with van der Waals surface area (Å²) in [5, 5.41) is 11.4. The van der Waals surface area contributed by atoms with Crippen LogP contribution in [-0.4, -0.2) is 40.6 Å². The van der Waals surface area contributed by atoms with Crippen molar-refractivity contribution >= 4 is 23.3 Å². The van der Waals surface area contributed by atoms with E-state index < -0.39 is 29.4 Å². The van der Waals surface area contributed by atoms with E-state index in [0.717, 1.165) is 6.42 Å². The largest absolute Gasteiger partial charge is 0.458 e. The van der Waals surface area contributed by atoms with E-state index in [1.54, 1.807) is 6.08 Å². The van der Waals surface area contributed by atoms with Crippen molar-refractivity contribution in [2.45, 2.75) is 71.3 Å². The van der Waals surface area contributed by atoms with Crippen molar-refractivity contribution < 1.29 is 29.0 Å². The number of carbonyl (C=O) groups is 4. The first kappa shape index (κ1) is 20.5. The number of aliphatic hydroxyl groups is 1. The van der Waals surface area contributed by atoms with Crippen LogP contribution in [0.4, 0.5) is 0 Å². The minimum atomic E-state index is -1.53. The Labute approximate surface area is 171 Å². The normalized spacial score (nSPS) is 43.7. The zero-order valence-electron chi connectivity index (χ0n) is 17.5. The lowest BCUT2D eigenvalue weighted by Crippen LogP contribution is -2.59. The van der Waals surface area contributed by atoms with Gasteiger partial charge in [0.2, 0.25) is 5.78 Å². The van der Waals surface area contributed by atoms with Crippen molar-refractivity contribution in [1.82, 2.24) is 0 Å². The Hall–Kier alpha value is -1.82. The Kier molecular flexibility index (Phi) is 4.65.